The molecule has 4 atom stereocenters. The van der Waals surface area contributed by atoms with Crippen LogP contribution < -0.4 is 20.8 Å². The van der Waals surface area contributed by atoms with Gasteiger partial charge in [0.15, 0.2) is 23.4 Å². The summed E-state index contributed by atoms with van der Waals surface area (Å²) in [6.45, 7) is -0.0555. The molecule has 14 nitrogen and oxygen atoms in total. The number of aromatic nitrogens is 4. The number of aromatic amines is 1. The maximum atomic E-state index is 12.9. The van der Waals surface area contributed by atoms with Crippen molar-refractivity contribution in [3.8, 4) is 11.5 Å². The number of rotatable bonds is 11. The van der Waals surface area contributed by atoms with Gasteiger partial charge in [0, 0.05) is 21.2 Å². The third kappa shape index (κ3) is 6.34. The summed E-state index contributed by atoms with van der Waals surface area (Å²) in [5.74, 6) is 1.52. The first-order valence-electron chi connectivity index (χ1n) is 15.5. The van der Waals surface area contributed by atoms with E-state index in [9.17, 15) is 9.90 Å². The Labute approximate surface area is 282 Å². The number of aliphatic imine (C=N–C) groups is 1. The summed E-state index contributed by atoms with van der Waals surface area (Å²) in [6.07, 6.45) is -2.35. The number of fused-ring (bicyclic) bond motifs is 1. The molecule has 1 aliphatic heterocycles. The van der Waals surface area contributed by atoms with Crippen molar-refractivity contribution < 1.29 is 28.8 Å². The van der Waals surface area contributed by atoms with E-state index in [0.29, 0.717) is 11.5 Å². The molecule has 3 heterocycles. The van der Waals surface area contributed by atoms with Gasteiger partial charge in [-0.15, -0.1) is 0 Å². The molecule has 49 heavy (non-hydrogen) atoms. The topological polar surface area (TPSA) is 172 Å². The van der Waals surface area contributed by atoms with Crippen molar-refractivity contribution in [2.24, 2.45) is 10.7 Å². The van der Waals surface area contributed by atoms with Crippen LogP contribution in [0.2, 0.25) is 0 Å². The second-order valence-corrected chi connectivity index (χ2v) is 11.6. The van der Waals surface area contributed by atoms with Gasteiger partial charge in [-0.25, -0.2) is 4.98 Å². The molecule has 4 N–H and O–H groups in total. The number of ether oxygens (including phenoxy) is 5. The van der Waals surface area contributed by atoms with Crippen molar-refractivity contribution in [2.75, 3.05) is 42.0 Å². The van der Waals surface area contributed by atoms with Gasteiger partial charge in [-0.05, 0) is 41.0 Å². The van der Waals surface area contributed by atoms with E-state index in [1.165, 1.54) is 13.4 Å². The Balaban J connectivity index is 1.39. The van der Waals surface area contributed by atoms with Gasteiger partial charge in [-0.1, -0.05) is 54.6 Å². The molecule has 6 rings (SSSR count). The molecule has 14 heteroatoms. The van der Waals surface area contributed by atoms with Crippen molar-refractivity contribution in [3.63, 3.8) is 0 Å². The van der Waals surface area contributed by atoms with Crippen molar-refractivity contribution in [3.05, 3.63) is 112 Å². The Bertz CT molecular complexity index is 1910. The molecule has 1 saturated heterocycles. The fraction of sp³-hybridized carbons (Fsp3) is 0.314. The predicted octanol–water partition coefficient (Wildman–Crippen LogP) is 2.93. The molecule has 2 aromatic heterocycles. The van der Waals surface area contributed by atoms with Gasteiger partial charge in [0.2, 0.25) is 5.95 Å². The summed E-state index contributed by atoms with van der Waals surface area (Å²) in [5, 5.41) is 11.6. The number of aliphatic hydroxyl groups is 1. The third-order valence-corrected chi connectivity index (χ3v) is 8.60. The maximum Gasteiger partial charge on any atom is 0.280 e. The number of nitrogens with one attached hydrogen (secondary N) is 1. The zero-order chi connectivity index (χ0) is 34.7. The summed E-state index contributed by atoms with van der Waals surface area (Å²) in [4.78, 5) is 30.0. The van der Waals surface area contributed by atoms with E-state index < -0.39 is 35.7 Å². The van der Waals surface area contributed by atoms with Crippen LogP contribution >= 0.6 is 0 Å². The first kappa shape index (κ1) is 33.6. The zero-order valence-corrected chi connectivity index (χ0v) is 27.8. The fourth-order valence-electron chi connectivity index (χ4n) is 5.98. The smallest absolute Gasteiger partial charge is 0.280 e. The lowest BCUT2D eigenvalue weighted by molar-refractivity contribution is -0.0948. The number of imidazole rings is 1. The Morgan fingerprint density at radius 2 is 1.57 bits per heavy atom. The average molecular weight is 670 g/mol. The van der Waals surface area contributed by atoms with E-state index in [1.54, 1.807) is 37.8 Å². The summed E-state index contributed by atoms with van der Waals surface area (Å²) in [7, 11) is 8.14. The van der Waals surface area contributed by atoms with E-state index >= 15 is 0 Å². The standard InChI is InChI=1S/C35H39N7O7/c1-41(2)33(36)40-34-38-30-27(31(44)39-34)37-20-42(30)32-29(47-5)28(43)26(49-32)19-48-35(21-9-7-6-8-10-21,22-11-15-24(45-3)16-12-22)23-13-17-25(46-4)18-14-23/h6-18,20,26,28-29,32,43H,19H2,1-5H3,(H3,36,38,39,40,44)/t26-,28-,29-,32-/m1/s1. The molecule has 0 unspecified atom stereocenters. The lowest BCUT2D eigenvalue weighted by Crippen LogP contribution is -2.40. The van der Waals surface area contributed by atoms with E-state index in [4.69, 9.17) is 29.4 Å². The van der Waals surface area contributed by atoms with E-state index in [-0.39, 0.29) is 29.7 Å². The molecule has 1 aliphatic rings. The number of H-pyrrole nitrogens is 1. The van der Waals surface area contributed by atoms with Crippen LogP contribution in [0.15, 0.2) is 95.0 Å². The average Bonchev–Trinajstić information content (AvgIpc) is 3.69. The number of methoxy groups -OCH3 is 3. The molecule has 1 fully saturated rings. The molecule has 0 bridgehead atoms. The van der Waals surface area contributed by atoms with Crippen molar-refractivity contribution in [2.45, 2.75) is 30.1 Å². The molecule has 3 aromatic carbocycles. The van der Waals surface area contributed by atoms with E-state index in [1.807, 2.05) is 78.9 Å². The Kier molecular flexibility index (Phi) is 9.65. The number of nitrogens with two attached hydrogens (primary N) is 1. The number of hydrogen-bond donors (Lipinski definition) is 3. The van der Waals surface area contributed by atoms with Gasteiger partial charge in [-0.3, -0.25) is 14.3 Å². The minimum Gasteiger partial charge on any atom is -0.497 e. The molecule has 5 aromatic rings. The minimum absolute atomic E-state index is 0.00975. The first-order chi connectivity index (χ1) is 23.7. The van der Waals surface area contributed by atoms with Crippen LogP contribution in [0.25, 0.3) is 11.2 Å². The second-order valence-electron chi connectivity index (χ2n) is 11.6. The number of benzene rings is 3. The number of aliphatic hydroxyl groups excluding tert-OH is 1. The van der Waals surface area contributed by atoms with Gasteiger partial charge in [-0.2, -0.15) is 9.98 Å². The highest BCUT2D eigenvalue weighted by molar-refractivity contribution is 5.80. The SMILES string of the molecule is COc1ccc(C(OC[C@H]2O[C@@H](n3cnc4c(=O)[nH]c(N=C(N)N(C)C)nc43)[C@H](OC)[C@@H]2O)(c2ccccc2)c2ccc(OC)cc2)cc1. The van der Waals surface area contributed by atoms with Gasteiger partial charge in [0.25, 0.3) is 5.56 Å². The quantitative estimate of drug-likeness (QED) is 0.107. The van der Waals surface area contributed by atoms with Crippen LogP contribution in [-0.2, 0) is 19.8 Å². The van der Waals surface area contributed by atoms with E-state index in [0.717, 1.165) is 16.7 Å². The minimum atomic E-state index is -1.14. The maximum absolute atomic E-state index is 12.9. The Morgan fingerprint density at radius 3 is 2.12 bits per heavy atom. The van der Waals surface area contributed by atoms with Crippen LogP contribution in [0.3, 0.4) is 0 Å². The molecule has 0 aliphatic carbocycles. The Morgan fingerprint density at radius 1 is 0.980 bits per heavy atom. The molecular weight excluding hydrogens is 630 g/mol. The zero-order valence-electron chi connectivity index (χ0n) is 27.8. The molecule has 0 spiro atoms. The molecule has 0 radical (unpaired) electrons. The van der Waals surface area contributed by atoms with Gasteiger partial charge >= 0.3 is 0 Å². The molecule has 0 amide bonds. The van der Waals surface area contributed by atoms with Gasteiger partial charge in [0.05, 0.1) is 27.2 Å². The first-order valence-corrected chi connectivity index (χ1v) is 15.5. The largest absolute Gasteiger partial charge is 0.497 e. The predicted molar refractivity (Wildman–Crippen MR) is 182 cm³/mol. The van der Waals surface area contributed by atoms with Crippen molar-refractivity contribution >= 4 is 23.1 Å². The molecule has 256 valence electrons. The summed E-state index contributed by atoms with van der Waals surface area (Å²) >= 11 is 0. The lowest BCUT2D eigenvalue weighted by atomic mass is 9.80. The monoisotopic (exact) mass is 669 g/mol. The third-order valence-electron chi connectivity index (χ3n) is 8.60. The molecule has 0 saturated carbocycles. The number of guanidine groups is 1. The van der Waals surface area contributed by atoms with Gasteiger partial charge < -0.3 is 39.4 Å². The van der Waals surface area contributed by atoms with Crippen molar-refractivity contribution in [1.29, 1.82) is 0 Å². The highest BCUT2D eigenvalue weighted by atomic mass is 16.6. The summed E-state index contributed by atoms with van der Waals surface area (Å²) in [6, 6.07) is 25.1. The summed E-state index contributed by atoms with van der Waals surface area (Å²) in [5.41, 5.74) is 7.08. The van der Waals surface area contributed by atoms with Crippen LogP contribution in [0, 0.1) is 0 Å². The van der Waals surface area contributed by atoms with Crippen LogP contribution in [0.1, 0.15) is 22.9 Å². The Hall–Kier alpha value is -5.28. The normalized spacial score (nSPS) is 19.7. The molecular formula is C35H39N7O7. The number of hydrogen-bond acceptors (Lipinski definition) is 10. The highest BCUT2D eigenvalue weighted by Gasteiger charge is 2.48. The van der Waals surface area contributed by atoms with Crippen molar-refractivity contribution in [1.82, 2.24) is 24.4 Å². The van der Waals surface area contributed by atoms with Gasteiger partial charge in [0.1, 0.15) is 35.4 Å². The second kappa shape index (κ2) is 14.1. The van der Waals surface area contributed by atoms with Crippen LogP contribution in [-0.4, -0.2) is 95.8 Å². The lowest BCUT2D eigenvalue weighted by Gasteiger charge is -2.37. The number of nitrogens with zero attached hydrogens (tertiary/aromatic N) is 5. The highest BCUT2D eigenvalue weighted by Crippen LogP contribution is 2.43. The van der Waals surface area contributed by atoms with Crippen LogP contribution in [0.4, 0.5) is 5.95 Å². The van der Waals surface area contributed by atoms with Crippen LogP contribution in [0.5, 0.6) is 11.5 Å². The summed E-state index contributed by atoms with van der Waals surface area (Å²) < 4.78 is 31.7. The van der Waals surface area contributed by atoms with E-state index in [2.05, 4.69) is 19.9 Å². The fourth-order valence-corrected chi connectivity index (χ4v) is 5.98.